The number of nitrogens with zero attached hydrogens (tertiary/aromatic N) is 6. The van der Waals surface area contributed by atoms with Crippen molar-refractivity contribution >= 4 is 46.0 Å². The molecule has 0 amide bonds. The molecule has 5 rings (SSSR count). The molecular weight excluding hydrogens is 260 g/mol. The molecule has 1 aliphatic heterocycles. The van der Waals surface area contributed by atoms with E-state index in [1.165, 1.54) is 0 Å². The highest BCUT2D eigenvalue weighted by atomic mass is 15.3. The monoisotopic (exact) mass is 266 g/mol. The quantitative estimate of drug-likeness (QED) is 0.324. The second-order valence-corrected chi connectivity index (χ2v) is 4.26. The summed E-state index contributed by atoms with van der Waals surface area (Å²) < 4.78 is 0. The molecule has 0 radical (unpaired) electrons. The van der Waals surface area contributed by atoms with Crippen LogP contribution in [0.5, 0.6) is 0 Å². The predicted octanol–water partition coefficient (Wildman–Crippen LogP) is 0.820. The van der Waals surface area contributed by atoms with Crippen molar-refractivity contribution < 1.29 is 0 Å². The highest BCUT2D eigenvalue weighted by molar-refractivity contribution is 5.86. The van der Waals surface area contributed by atoms with E-state index in [0.29, 0.717) is 40.5 Å². The van der Waals surface area contributed by atoms with E-state index in [9.17, 15) is 0 Å². The summed E-state index contributed by atoms with van der Waals surface area (Å²) in [5, 5.41) is 6.04. The number of H-pyrrole nitrogens is 2. The Morgan fingerprint density at radius 1 is 0.850 bits per heavy atom. The number of hydrogen-bond acceptors (Lipinski definition) is 8. The SMILES string of the molecule is c1nc2nc3nc(c2[nH]1)Nc1ncc2[nH]c(nc2n1)N3. The molecule has 5 heterocycles. The van der Waals surface area contributed by atoms with Gasteiger partial charge in [0.2, 0.25) is 17.8 Å². The average molecular weight is 266 g/mol. The Hall–Kier alpha value is -3.30. The van der Waals surface area contributed by atoms with Crippen molar-refractivity contribution in [3.63, 3.8) is 0 Å². The van der Waals surface area contributed by atoms with Gasteiger partial charge >= 0.3 is 0 Å². The van der Waals surface area contributed by atoms with Crippen molar-refractivity contribution in [1.29, 1.82) is 0 Å². The van der Waals surface area contributed by atoms with Crippen LogP contribution in [-0.2, 0) is 0 Å². The summed E-state index contributed by atoms with van der Waals surface area (Å²) in [6, 6.07) is 0. The van der Waals surface area contributed by atoms with Crippen LogP contribution < -0.4 is 10.6 Å². The van der Waals surface area contributed by atoms with Gasteiger partial charge in [-0.2, -0.15) is 19.9 Å². The number of aromatic amines is 2. The number of imidazole rings is 2. The van der Waals surface area contributed by atoms with Crippen LogP contribution in [0.4, 0.5) is 23.7 Å². The van der Waals surface area contributed by atoms with E-state index in [0.717, 1.165) is 5.52 Å². The Balaban J connectivity index is 1.87. The average Bonchev–Trinajstić information content (AvgIpc) is 3.03. The number of fused-ring (bicyclic) bond motifs is 6. The summed E-state index contributed by atoms with van der Waals surface area (Å²) in [5.74, 6) is 1.87. The van der Waals surface area contributed by atoms with Gasteiger partial charge in [0.15, 0.2) is 17.1 Å². The van der Waals surface area contributed by atoms with Gasteiger partial charge in [0, 0.05) is 0 Å². The van der Waals surface area contributed by atoms with Crippen molar-refractivity contribution in [2.75, 3.05) is 10.6 Å². The van der Waals surface area contributed by atoms with Crippen LogP contribution in [0.1, 0.15) is 0 Å². The Bertz CT molecular complexity index is 967. The summed E-state index contributed by atoms with van der Waals surface area (Å²) in [7, 11) is 0. The Morgan fingerprint density at radius 3 is 2.80 bits per heavy atom. The van der Waals surface area contributed by atoms with Gasteiger partial charge in [-0.15, -0.1) is 0 Å². The minimum absolute atomic E-state index is 0.391. The molecule has 0 aromatic carbocycles. The molecule has 96 valence electrons. The molecule has 0 unspecified atom stereocenters. The van der Waals surface area contributed by atoms with Crippen LogP contribution in [0, 0.1) is 0 Å². The molecule has 10 heteroatoms. The van der Waals surface area contributed by atoms with Gasteiger partial charge in [-0.25, -0.2) is 9.97 Å². The van der Waals surface area contributed by atoms with Gasteiger partial charge in [-0.1, -0.05) is 0 Å². The Kier molecular flexibility index (Phi) is 1.52. The molecule has 4 aromatic rings. The predicted molar refractivity (Wildman–Crippen MR) is 69.9 cm³/mol. The van der Waals surface area contributed by atoms with E-state index in [-0.39, 0.29) is 0 Å². The third-order valence-electron chi connectivity index (χ3n) is 2.99. The second kappa shape index (κ2) is 3.17. The van der Waals surface area contributed by atoms with Crippen molar-refractivity contribution in [2.24, 2.45) is 0 Å². The maximum absolute atomic E-state index is 4.37. The van der Waals surface area contributed by atoms with Crippen molar-refractivity contribution in [3.05, 3.63) is 12.5 Å². The maximum atomic E-state index is 4.37. The molecule has 0 aliphatic carbocycles. The van der Waals surface area contributed by atoms with E-state index >= 15 is 0 Å². The first kappa shape index (κ1) is 9.61. The highest BCUT2D eigenvalue weighted by Crippen LogP contribution is 2.25. The summed E-state index contributed by atoms with van der Waals surface area (Å²) >= 11 is 0. The summed E-state index contributed by atoms with van der Waals surface area (Å²) in [5.41, 5.74) is 2.53. The smallest absolute Gasteiger partial charge is 0.233 e. The van der Waals surface area contributed by atoms with E-state index in [2.05, 4.69) is 50.5 Å². The highest BCUT2D eigenvalue weighted by Gasteiger charge is 2.15. The standard InChI is InChI=1S/C10H6N10/c1-3-5-15-8(11-1)18-7-4-6(13-2-12-4)17-10(19-7)20-9(14-3)16-5/h1-2H,(H4,11,12,13,14,15,16,17,18,19,20). The van der Waals surface area contributed by atoms with Gasteiger partial charge in [0.05, 0.1) is 12.5 Å². The molecule has 20 heavy (non-hydrogen) atoms. The molecule has 10 nitrogen and oxygen atoms in total. The minimum Gasteiger partial charge on any atom is -0.340 e. The summed E-state index contributed by atoms with van der Waals surface area (Å²) in [6.45, 7) is 0. The van der Waals surface area contributed by atoms with E-state index in [1.807, 2.05) is 0 Å². The Labute approximate surface area is 110 Å². The molecular formula is C10H6N10. The van der Waals surface area contributed by atoms with Crippen molar-refractivity contribution in [1.82, 2.24) is 39.9 Å². The van der Waals surface area contributed by atoms with Crippen LogP contribution in [-0.4, -0.2) is 39.9 Å². The molecule has 0 saturated heterocycles. The van der Waals surface area contributed by atoms with Crippen molar-refractivity contribution in [2.45, 2.75) is 0 Å². The fourth-order valence-corrected chi connectivity index (χ4v) is 2.12. The molecule has 1 aliphatic rings. The number of rotatable bonds is 0. The lowest BCUT2D eigenvalue weighted by molar-refractivity contribution is 1.13. The molecule has 4 N–H and O–H groups in total. The number of aromatic nitrogens is 8. The van der Waals surface area contributed by atoms with Crippen molar-refractivity contribution in [3.8, 4) is 0 Å². The Morgan fingerprint density at radius 2 is 1.80 bits per heavy atom. The van der Waals surface area contributed by atoms with E-state index < -0.39 is 0 Å². The third kappa shape index (κ3) is 1.21. The van der Waals surface area contributed by atoms with Gasteiger partial charge in [-0.05, 0) is 0 Å². The van der Waals surface area contributed by atoms with Crippen LogP contribution in [0.25, 0.3) is 22.3 Å². The fraction of sp³-hybridized carbons (Fsp3) is 0. The summed E-state index contributed by atoms with van der Waals surface area (Å²) in [4.78, 5) is 31.7. The minimum atomic E-state index is 0.391. The molecule has 0 spiro atoms. The zero-order chi connectivity index (χ0) is 13.1. The molecule has 0 saturated carbocycles. The van der Waals surface area contributed by atoms with Crippen LogP contribution >= 0.6 is 0 Å². The van der Waals surface area contributed by atoms with Gasteiger partial charge in [0.1, 0.15) is 11.0 Å². The summed E-state index contributed by atoms with van der Waals surface area (Å²) in [6.07, 6.45) is 3.22. The zero-order valence-electron chi connectivity index (χ0n) is 9.84. The number of hydrogen-bond donors (Lipinski definition) is 4. The maximum Gasteiger partial charge on any atom is 0.233 e. The van der Waals surface area contributed by atoms with Crippen LogP contribution in [0.2, 0.25) is 0 Å². The largest absolute Gasteiger partial charge is 0.340 e. The normalized spacial score (nSPS) is 12.8. The second-order valence-electron chi connectivity index (χ2n) is 4.26. The molecule has 4 aromatic heterocycles. The van der Waals surface area contributed by atoms with Gasteiger partial charge in [0.25, 0.3) is 0 Å². The topological polar surface area (TPSA) is 133 Å². The number of anilines is 4. The van der Waals surface area contributed by atoms with Gasteiger partial charge < -0.3 is 15.3 Å². The molecule has 0 atom stereocenters. The van der Waals surface area contributed by atoms with E-state index in [1.54, 1.807) is 12.5 Å². The van der Waals surface area contributed by atoms with Crippen LogP contribution in [0.3, 0.4) is 0 Å². The lowest BCUT2D eigenvalue weighted by Crippen LogP contribution is -2.05. The molecule has 0 fully saturated rings. The lowest BCUT2D eigenvalue weighted by atomic mass is 10.5. The third-order valence-corrected chi connectivity index (χ3v) is 2.99. The first-order chi connectivity index (χ1) is 9.85. The number of nitrogens with one attached hydrogen (secondary N) is 4. The van der Waals surface area contributed by atoms with E-state index in [4.69, 9.17) is 0 Å². The first-order valence-corrected chi connectivity index (χ1v) is 5.83. The van der Waals surface area contributed by atoms with Crippen LogP contribution in [0.15, 0.2) is 12.5 Å². The first-order valence-electron chi connectivity index (χ1n) is 5.83. The fourth-order valence-electron chi connectivity index (χ4n) is 2.12. The lowest BCUT2D eigenvalue weighted by Gasteiger charge is -2.07. The zero-order valence-corrected chi connectivity index (χ0v) is 9.84. The van der Waals surface area contributed by atoms with Gasteiger partial charge in [-0.3, -0.25) is 5.32 Å². The molecule has 5 bridgehead atoms.